The van der Waals surface area contributed by atoms with Gasteiger partial charge >= 0.3 is 5.97 Å². The second-order valence-corrected chi connectivity index (χ2v) is 7.43. The molecule has 0 aliphatic carbocycles. The van der Waals surface area contributed by atoms with Crippen LogP contribution in [0.2, 0.25) is 0 Å². The van der Waals surface area contributed by atoms with Gasteiger partial charge in [0.15, 0.2) is 5.13 Å². The van der Waals surface area contributed by atoms with Crippen LogP contribution in [0.3, 0.4) is 0 Å². The summed E-state index contributed by atoms with van der Waals surface area (Å²) in [5.74, 6) is 0.543. The summed E-state index contributed by atoms with van der Waals surface area (Å²) in [6.07, 6.45) is 3.33. The third-order valence-electron chi connectivity index (χ3n) is 4.50. The maximum absolute atomic E-state index is 12.5. The van der Waals surface area contributed by atoms with Crippen LogP contribution in [0, 0.1) is 12.8 Å². The van der Waals surface area contributed by atoms with Crippen molar-refractivity contribution in [3.05, 3.63) is 35.0 Å². The first kappa shape index (κ1) is 19.3. The Balaban J connectivity index is 1.50. The molecule has 1 saturated heterocycles. The van der Waals surface area contributed by atoms with Crippen molar-refractivity contribution in [3.8, 4) is 0 Å². The molecular weight excluding hydrogens is 364 g/mol. The standard InChI is InChI=1S/C19H24N4O3S/c1-3-26-18(25)14-5-8-23(9-6-14)17(24)11-15-12-27-19(21-15)22-16-10-13(2)4-7-20-16/h4,7,10,12,14H,3,5-6,8-9,11H2,1-2H3,(H,20,21,22). The zero-order valence-electron chi connectivity index (χ0n) is 15.6. The number of nitrogens with zero attached hydrogens (tertiary/aromatic N) is 3. The molecule has 0 radical (unpaired) electrons. The molecule has 0 spiro atoms. The van der Waals surface area contributed by atoms with E-state index in [0.717, 1.165) is 22.2 Å². The van der Waals surface area contributed by atoms with E-state index in [4.69, 9.17) is 4.74 Å². The number of nitrogens with one attached hydrogen (secondary N) is 1. The van der Waals surface area contributed by atoms with E-state index in [0.29, 0.717) is 32.5 Å². The number of carbonyl (C=O) groups is 2. The van der Waals surface area contributed by atoms with Gasteiger partial charge in [-0.15, -0.1) is 11.3 Å². The molecule has 0 atom stereocenters. The maximum atomic E-state index is 12.5. The fourth-order valence-corrected chi connectivity index (χ4v) is 3.77. The SMILES string of the molecule is CCOC(=O)C1CCN(C(=O)Cc2csc(Nc3cc(C)ccn3)n2)CC1. The number of likely N-dealkylation sites (tertiary alicyclic amines) is 1. The normalized spacial score (nSPS) is 14.8. The van der Waals surface area contributed by atoms with Gasteiger partial charge in [-0.3, -0.25) is 9.59 Å². The van der Waals surface area contributed by atoms with Crippen LogP contribution in [-0.4, -0.2) is 46.4 Å². The van der Waals surface area contributed by atoms with Crippen molar-refractivity contribution in [1.82, 2.24) is 14.9 Å². The van der Waals surface area contributed by atoms with Gasteiger partial charge in [-0.25, -0.2) is 9.97 Å². The van der Waals surface area contributed by atoms with Crippen LogP contribution in [0.1, 0.15) is 31.0 Å². The molecular formula is C19H24N4O3S. The highest BCUT2D eigenvalue weighted by atomic mass is 32.1. The van der Waals surface area contributed by atoms with E-state index in [1.807, 2.05) is 36.3 Å². The third kappa shape index (κ3) is 5.26. The molecule has 7 nitrogen and oxygen atoms in total. The van der Waals surface area contributed by atoms with Gasteiger partial charge < -0.3 is 15.0 Å². The molecule has 144 valence electrons. The monoisotopic (exact) mass is 388 g/mol. The van der Waals surface area contributed by atoms with Gasteiger partial charge in [0.2, 0.25) is 5.91 Å². The number of hydrogen-bond acceptors (Lipinski definition) is 7. The summed E-state index contributed by atoms with van der Waals surface area (Å²) >= 11 is 1.45. The summed E-state index contributed by atoms with van der Waals surface area (Å²) in [6.45, 7) is 5.39. The van der Waals surface area contributed by atoms with Gasteiger partial charge in [0, 0.05) is 24.7 Å². The number of ether oxygens (including phenoxy) is 1. The number of aryl methyl sites for hydroxylation is 1. The minimum atomic E-state index is -0.149. The number of piperidine rings is 1. The van der Waals surface area contributed by atoms with Crippen molar-refractivity contribution in [2.75, 3.05) is 25.0 Å². The Bertz CT molecular complexity index is 800. The van der Waals surface area contributed by atoms with Gasteiger partial charge in [0.1, 0.15) is 5.82 Å². The topological polar surface area (TPSA) is 84.4 Å². The Labute approximate surface area is 162 Å². The van der Waals surface area contributed by atoms with Crippen molar-refractivity contribution in [1.29, 1.82) is 0 Å². The van der Waals surface area contributed by atoms with Gasteiger partial charge in [0.25, 0.3) is 0 Å². The molecule has 0 bridgehead atoms. The van der Waals surface area contributed by atoms with Crippen LogP contribution >= 0.6 is 11.3 Å². The van der Waals surface area contributed by atoms with Crippen LogP contribution in [0.4, 0.5) is 10.9 Å². The zero-order valence-corrected chi connectivity index (χ0v) is 16.4. The second kappa shape index (κ2) is 8.94. The van der Waals surface area contributed by atoms with E-state index >= 15 is 0 Å². The summed E-state index contributed by atoms with van der Waals surface area (Å²) in [7, 11) is 0. The van der Waals surface area contributed by atoms with E-state index in [-0.39, 0.29) is 24.2 Å². The minimum absolute atomic E-state index is 0.0443. The fraction of sp³-hybridized carbons (Fsp3) is 0.474. The molecule has 3 rings (SSSR count). The Hall–Kier alpha value is -2.48. The zero-order chi connectivity index (χ0) is 19.2. The fourth-order valence-electron chi connectivity index (χ4n) is 3.05. The average molecular weight is 388 g/mol. The predicted molar refractivity (Wildman–Crippen MR) is 104 cm³/mol. The summed E-state index contributed by atoms with van der Waals surface area (Å²) < 4.78 is 5.07. The van der Waals surface area contributed by atoms with E-state index in [1.165, 1.54) is 11.3 Å². The first-order valence-corrected chi connectivity index (χ1v) is 10.0. The van der Waals surface area contributed by atoms with Crippen LogP contribution in [0.25, 0.3) is 0 Å². The third-order valence-corrected chi connectivity index (χ3v) is 5.31. The van der Waals surface area contributed by atoms with Crippen LogP contribution in [0.15, 0.2) is 23.7 Å². The molecule has 0 aromatic carbocycles. The van der Waals surface area contributed by atoms with Crippen molar-refractivity contribution in [3.63, 3.8) is 0 Å². The van der Waals surface area contributed by atoms with Crippen molar-refractivity contribution in [2.45, 2.75) is 33.1 Å². The summed E-state index contributed by atoms with van der Waals surface area (Å²) in [4.78, 5) is 34.9. The summed E-state index contributed by atoms with van der Waals surface area (Å²) in [5.41, 5.74) is 1.86. The highest BCUT2D eigenvalue weighted by molar-refractivity contribution is 7.13. The number of aromatic nitrogens is 2. The molecule has 2 aromatic heterocycles. The van der Waals surface area contributed by atoms with Crippen LogP contribution in [0.5, 0.6) is 0 Å². The number of thiazole rings is 1. The first-order chi connectivity index (χ1) is 13.0. The van der Waals surface area contributed by atoms with E-state index in [2.05, 4.69) is 15.3 Å². The highest BCUT2D eigenvalue weighted by Gasteiger charge is 2.28. The molecule has 1 N–H and O–H groups in total. The highest BCUT2D eigenvalue weighted by Crippen LogP contribution is 2.22. The maximum Gasteiger partial charge on any atom is 0.309 e. The Morgan fingerprint density at radius 1 is 1.37 bits per heavy atom. The van der Waals surface area contributed by atoms with Gasteiger partial charge in [-0.2, -0.15) is 0 Å². The molecule has 1 aliphatic heterocycles. The number of rotatable bonds is 6. The van der Waals surface area contributed by atoms with E-state index < -0.39 is 0 Å². The lowest BCUT2D eigenvalue weighted by molar-refractivity contribution is -0.151. The molecule has 1 aliphatic rings. The summed E-state index contributed by atoms with van der Waals surface area (Å²) in [5, 5.41) is 5.78. The molecule has 27 heavy (non-hydrogen) atoms. The predicted octanol–water partition coefficient (Wildman–Crippen LogP) is 2.93. The number of amides is 1. The minimum Gasteiger partial charge on any atom is -0.466 e. The lowest BCUT2D eigenvalue weighted by atomic mass is 9.97. The molecule has 1 amide bonds. The molecule has 1 fully saturated rings. The quantitative estimate of drug-likeness (QED) is 0.766. The first-order valence-electron chi connectivity index (χ1n) is 9.13. The second-order valence-electron chi connectivity index (χ2n) is 6.57. The Morgan fingerprint density at radius 2 is 2.15 bits per heavy atom. The van der Waals surface area contributed by atoms with Gasteiger partial charge in [-0.1, -0.05) is 0 Å². The average Bonchev–Trinajstić information content (AvgIpc) is 3.09. The van der Waals surface area contributed by atoms with Gasteiger partial charge in [-0.05, 0) is 44.4 Å². The number of esters is 1. The number of hydrogen-bond donors (Lipinski definition) is 1. The van der Waals surface area contributed by atoms with Crippen molar-refractivity contribution in [2.24, 2.45) is 5.92 Å². The van der Waals surface area contributed by atoms with Crippen molar-refractivity contribution < 1.29 is 14.3 Å². The Morgan fingerprint density at radius 3 is 2.85 bits per heavy atom. The van der Waals surface area contributed by atoms with Crippen LogP contribution < -0.4 is 5.32 Å². The molecule has 8 heteroatoms. The molecule has 0 unspecified atom stereocenters. The number of pyridine rings is 1. The lowest BCUT2D eigenvalue weighted by Gasteiger charge is -2.30. The smallest absolute Gasteiger partial charge is 0.309 e. The largest absolute Gasteiger partial charge is 0.466 e. The summed E-state index contributed by atoms with van der Waals surface area (Å²) in [6, 6.07) is 3.88. The Kier molecular flexibility index (Phi) is 6.39. The lowest BCUT2D eigenvalue weighted by Crippen LogP contribution is -2.41. The van der Waals surface area contributed by atoms with Gasteiger partial charge in [0.05, 0.1) is 24.6 Å². The van der Waals surface area contributed by atoms with E-state index in [9.17, 15) is 9.59 Å². The molecule has 2 aromatic rings. The van der Waals surface area contributed by atoms with Crippen LogP contribution in [-0.2, 0) is 20.7 Å². The molecule has 3 heterocycles. The number of carbonyl (C=O) groups excluding carboxylic acids is 2. The van der Waals surface area contributed by atoms with E-state index in [1.54, 1.807) is 6.20 Å². The molecule has 0 saturated carbocycles. The number of anilines is 2. The van der Waals surface area contributed by atoms with Crippen molar-refractivity contribution >= 4 is 34.2 Å².